The number of rotatable bonds is 6. The molecule has 1 fully saturated rings. The van der Waals surface area contributed by atoms with Crippen molar-refractivity contribution < 1.29 is 19.1 Å². The Labute approximate surface area is 148 Å². The van der Waals surface area contributed by atoms with E-state index in [4.69, 9.17) is 4.74 Å². The van der Waals surface area contributed by atoms with Crippen LogP contribution in [0.15, 0.2) is 24.3 Å². The van der Waals surface area contributed by atoms with E-state index < -0.39 is 11.4 Å². The van der Waals surface area contributed by atoms with Gasteiger partial charge in [0.05, 0.1) is 12.2 Å². The van der Waals surface area contributed by atoms with Crippen LogP contribution in [0.3, 0.4) is 0 Å². The van der Waals surface area contributed by atoms with Crippen molar-refractivity contribution in [2.24, 2.45) is 5.41 Å². The second-order valence-corrected chi connectivity index (χ2v) is 6.83. The normalized spacial score (nSPS) is 14.8. The second-order valence-electron chi connectivity index (χ2n) is 6.83. The summed E-state index contributed by atoms with van der Waals surface area (Å²) in [5.74, 6) is -1.05. The van der Waals surface area contributed by atoms with Gasteiger partial charge in [-0.1, -0.05) is 12.8 Å². The molecule has 1 aliphatic rings. The Balaban J connectivity index is 1.97. The van der Waals surface area contributed by atoms with E-state index in [-0.39, 0.29) is 17.9 Å². The molecule has 1 aromatic rings. The molecule has 0 aliphatic heterocycles. The number of hydrogen-bond acceptors (Lipinski definition) is 4. The van der Waals surface area contributed by atoms with E-state index in [1.165, 1.54) is 0 Å². The first kappa shape index (κ1) is 19.0. The predicted octanol–water partition coefficient (Wildman–Crippen LogP) is 2.89. The molecule has 0 aromatic heterocycles. The highest BCUT2D eigenvalue weighted by molar-refractivity contribution is 6.10. The maximum atomic E-state index is 12.5. The summed E-state index contributed by atoms with van der Waals surface area (Å²) in [6.45, 7) is 5.27. The van der Waals surface area contributed by atoms with E-state index >= 15 is 0 Å². The molecule has 136 valence electrons. The quantitative estimate of drug-likeness (QED) is 0.613. The minimum Gasteiger partial charge on any atom is -0.462 e. The Morgan fingerprint density at radius 3 is 2.24 bits per heavy atom. The van der Waals surface area contributed by atoms with Gasteiger partial charge in [0.2, 0.25) is 11.8 Å². The lowest BCUT2D eigenvalue weighted by Crippen LogP contribution is -2.47. The van der Waals surface area contributed by atoms with Crippen LogP contribution in [0.1, 0.15) is 56.8 Å². The van der Waals surface area contributed by atoms with Crippen LogP contribution in [0, 0.1) is 5.41 Å². The lowest BCUT2D eigenvalue weighted by atomic mass is 9.90. The summed E-state index contributed by atoms with van der Waals surface area (Å²) < 4.78 is 4.92. The van der Waals surface area contributed by atoms with Crippen molar-refractivity contribution in [1.82, 2.24) is 5.32 Å². The van der Waals surface area contributed by atoms with E-state index in [1.807, 2.05) is 0 Å². The van der Waals surface area contributed by atoms with Gasteiger partial charge in [-0.25, -0.2) is 4.79 Å². The third-order valence-corrected chi connectivity index (χ3v) is 4.48. The van der Waals surface area contributed by atoms with Crippen LogP contribution in [0.5, 0.6) is 0 Å². The van der Waals surface area contributed by atoms with Gasteiger partial charge in [-0.3, -0.25) is 9.59 Å². The Hall–Kier alpha value is -2.37. The van der Waals surface area contributed by atoms with Gasteiger partial charge in [0.1, 0.15) is 5.41 Å². The van der Waals surface area contributed by atoms with Crippen LogP contribution in [0.4, 0.5) is 5.69 Å². The van der Waals surface area contributed by atoms with Crippen molar-refractivity contribution in [3.63, 3.8) is 0 Å². The van der Waals surface area contributed by atoms with Crippen LogP contribution in [-0.2, 0) is 14.3 Å². The molecule has 0 bridgehead atoms. The first-order chi connectivity index (χ1) is 11.8. The fourth-order valence-corrected chi connectivity index (χ4v) is 2.73. The van der Waals surface area contributed by atoms with Gasteiger partial charge in [-0.2, -0.15) is 0 Å². The van der Waals surface area contributed by atoms with E-state index in [1.54, 1.807) is 45.0 Å². The van der Waals surface area contributed by atoms with Gasteiger partial charge in [0.15, 0.2) is 0 Å². The number of esters is 1. The van der Waals surface area contributed by atoms with Gasteiger partial charge in [0, 0.05) is 11.7 Å². The van der Waals surface area contributed by atoms with Crippen molar-refractivity contribution >= 4 is 23.5 Å². The van der Waals surface area contributed by atoms with Crippen LogP contribution < -0.4 is 10.6 Å². The molecule has 25 heavy (non-hydrogen) atoms. The number of nitrogens with one attached hydrogen (secondary N) is 2. The first-order valence-electron chi connectivity index (χ1n) is 8.74. The first-order valence-corrected chi connectivity index (χ1v) is 8.74. The van der Waals surface area contributed by atoms with Crippen LogP contribution in [-0.4, -0.2) is 30.4 Å². The average molecular weight is 346 g/mol. The SMILES string of the molecule is CCOC(=O)c1ccc(NC(=O)C(C)(C)C(=O)NC2CCCC2)cc1. The molecule has 2 rings (SSSR count). The molecule has 0 spiro atoms. The summed E-state index contributed by atoms with van der Waals surface area (Å²) >= 11 is 0. The summed E-state index contributed by atoms with van der Waals surface area (Å²) in [6.07, 6.45) is 4.17. The fraction of sp³-hybridized carbons (Fsp3) is 0.526. The molecule has 1 saturated carbocycles. The molecule has 0 unspecified atom stereocenters. The smallest absolute Gasteiger partial charge is 0.338 e. The number of carbonyl (C=O) groups is 3. The lowest BCUT2D eigenvalue weighted by molar-refractivity contribution is -0.138. The summed E-state index contributed by atoms with van der Waals surface area (Å²) in [5, 5.41) is 5.70. The van der Waals surface area contributed by atoms with E-state index in [2.05, 4.69) is 10.6 Å². The Bertz CT molecular complexity index is 631. The van der Waals surface area contributed by atoms with Gasteiger partial charge in [-0.05, 0) is 57.9 Å². The molecule has 1 aliphatic carbocycles. The van der Waals surface area contributed by atoms with E-state index in [0.29, 0.717) is 17.9 Å². The van der Waals surface area contributed by atoms with Crippen molar-refractivity contribution in [3.8, 4) is 0 Å². The number of carbonyl (C=O) groups excluding carboxylic acids is 3. The highest BCUT2D eigenvalue weighted by atomic mass is 16.5. The number of benzene rings is 1. The van der Waals surface area contributed by atoms with Crippen LogP contribution in [0.25, 0.3) is 0 Å². The maximum absolute atomic E-state index is 12.5. The zero-order valence-electron chi connectivity index (χ0n) is 15.1. The summed E-state index contributed by atoms with van der Waals surface area (Å²) in [5.41, 5.74) is -0.236. The number of hydrogen-bond donors (Lipinski definition) is 2. The van der Waals surface area contributed by atoms with Gasteiger partial charge >= 0.3 is 5.97 Å². The van der Waals surface area contributed by atoms with Gasteiger partial charge in [-0.15, -0.1) is 0 Å². The molecule has 6 heteroatoms. The molecule has 2 N–H and O–H groups in total. The third-order valence-electron chi connectivity index (χ3n) is 4.48. The third kappa shape index (κ3) is 4.81. The van der Waals surface area contributed by atoms with Crippen LogP contribution >= 0.6 is 0 Å². The van der Waals surface area contributed by atoms with Crippen molar-refractivity contribution in [2.75, 3.05) is 11.9 Å². The topological polar surface area (TPSA) is 84.5 Å². The Morgan fingerprint density at radius 1 is 1.08 bits per heavy atom. The monoisotopic (exact) mass is 346 g/mol. The van der Waals surface area contributed by atoms with Gasteiger partial charge < -0.3 is 15.4 Å². The number of ether oxygens (including phenoxy) is 1. The van der Waals surface area contributed by atoms with Crippen molar-refractivity contribution in [1.29, 1.82) is 0 Å². The number of amides is 2. The molecular formula is C19H26N2O4. The molecule has 1 aromatic carbocycles. The number of anilines is 1. The molecule has 2 amide bonds. The average Bonchev–Trinajstić information content (AvgIpc) is 3.08. The van der Waals surface area contributed by atoms with Gasteiger partial charge in [0.25, 0.3) is 0 Å². The molecule has 0 heterocycles. The molecule has 0 atom stereocenters. The van der Waals surface area contributed by atoms with Crippen molar-refractivity contribution in [3.05, 3.63) is 29.8 Å². The van der Waals surface area contributed by atoms with E-state index in [0.717, 1.165) is 25.7 Å². The minimum absolute atomic E-state index is 0.170. The van der Waals surface area contributed by atoms with E-state index in [9.17, 15) is 14.4 Å². The lowest BCUT2D eigenvalue weighted by Gasteiger charge is -2.25. The zero-order chi connectivity index (χ0) is 18.4. The highest BCUT2D eigenvalue weighted by Crippen LogP contribution is 2.23. The molecule has 0 radical (unpaired) electrons. The predicted molar refractivity (Wildman–Crippen MR) is 95.2 cm³/mol. The molecular weight excluding hydrogens is 320 g/mol. The maximum Gasteiger partial charge on any atom is 0.338 e. The zero-order valence-corrected chi connectivity index (χ0v) is 15.1. The standard InChI is InChI=1S/C19H26N2O4/c1-4-25-16(22)13-9-11-15(12-10-13)21-18(24)19(2,3)17(23)20-14-7-5-6-8-14/h9-12,14H,4-8H2,1-3H3,(H,20,23)(H,21,24). The highest BCUT2D eigenvalue weighted by Gasteiger charge is 2.37. The minimum atomic E-state index is -1.18. The second kappa shape index (κ2) is 8.14. The summed E-state index contributed by atoms with van der Waals surface area (Å²) in [6, 6.07) is 6.58. The molecule has 0 saturated heterocycles. The molecule has 6 nitrogen and oxygen atoms in total. The van der Waals surface area contributed by atoms with Crippen molar-refractivity contribution in [2.45, 2.75) is 52.5 Å². The summed E-state index contributed by atoms with van der Waals surface area (Å²) in [4.78, 5) is 36.6. The summed E-state index contributed by atoms with van der Waals surface area (Å²) in [7, 11) is 0. The fourth-order valence-electron chi connectivity index (χ4n) is 2.73. The Kier molecular flexibility index (Phi) is 6.17. The largest absolute Gasteiger partial charge is 0.462 e. The van der Waals surface area contributed by atoms with Crippen LogP contribution in [0.2, 0.25) is 0 Å². The Morgan fingerprint density at radius 2 is 1.68 bits per heavy atom.